The lowest BCUT2D eigenvalue weighted by Crippen LogP contribution is -2.42. The highest BCUT2D eigenvalue weighted by Gasteiger charge is 2.23. The number of piperidine rings is 1. The second-order valence-corrected chi connectivity index (χ2v) is 5.64. The van der Waals surface area contributed by atoms with Crippen molar-refractivity contribution in [3.8, 4) is 5.75 Å². The Kier molecular flexibility index (Phi) is 5.62. The predicted octanol–water partition coefficient (Wildman–Crippen LogP) is 3.11. The molecular weight excluding hydrogens is 264 g/mol. The van der Waals surface area contributed by atoms with Crippen LogP contribution in [0.3, 0.4) is 0 Å². The molecule has 1 saturated heterocycles. The van der Waals surface area contributed by atoms with Gasteiger partial charge in [0.2, 0.25) is 0 Å². The average molecular weight is 290 g/mol. The molecule has 0 amide bonds. The maximum Gasteiger partial charge on any atom is 0.176 e. The first kappa shape index (κ1) is 15.8. The van der Waals surface area contributed by atoms with Gasteiger partial charge in [0.25, 0.3) is 0 Å². The van der Waals surface area contributed by atoms with E-state index >= 15 is 0 Å². The fourth-order valence-electron chi connectivity index (χ4n) is 3.02. The quantitative estimate of drug-likeness (QED) is 0.646. The maximum atomic E-state index is 12.5. The van der Waals surface area contributed by atoms with Crippen LogP contribution in [0.4, 0.5) is 5.69 Å². The Morgan fingerprint density at radius 1 is 1.38 bits per heavy atom. The number of Topliss-reactive ketones (excluding diaryl/α,β-unsaturated/α-hetero) is 1. The largest absolute Gasteiger partial charge is 0.492 e. The number of ether oxygens (including phenoxy) is 1. The fraction of sp³-hybridized carbons (Fsp3) is 0.588. The first-order valence-electron chi connectivity index (χ1n) is 7.95. The summed E-state index contributed by atoms with van der Waals surface area (Å²) < 4.78 is 5.41. The number of likely N-dealkylation sites (tertiary alicyclic amines) is 1. The first-order valence-corrected chi connectivity index (χ1v) is 7.95. The van der Waals surface area contributed by atoms with Crippen molar-refractivity contribution in [3.63, 3.8) is 0 Å². The molecule has 21 heavy (non-hydrogen) atoms. The number of carbonyl (C=O) groups excluding carboxylic acids is 1. The van der Waals surface area contributed by atoms with Crippen LogP contribution in [0, 0.1) is 0 Å². The molecule has 1 aliphatic heterocycles. The number of rotatable bonds is 6. The highest BCUT2D eigenvalue weighted by Crippen LogP contribution is 2.24. The summed E-state index contributed by atoms with van der Waals surface area (Å²) in [5.41, 5.74) is 7.15. The fourth-order valence-corrected chi connectivity index (χ4v) is 3.02. The van der Waals surface area contributed by atoms with E-state index in [1.165, 1.54) is 19.3 Å². The second kappa shape index (κ2) is 7.46. The second-order valence-electron chi connectivity index (χ2n) is 5.64. The number of nitrogens with zero attached hydrogens (tertiary/aromatic N) is 1. The molecule has 4 nitrogen and oxygen atoms in total. The topological polar surface area (TPSA) is 55.6 Å². The van der Waals surface area contributed by atoms with Crippen LogP contribution in [-0.2, 0) is 0 Å². The zero-order valence-corrected chi connectivity index (χ0v) is 13.1. The summed E-state index contributed by atoms with van der Waals surface area (Å²) in [5.74, 6) is 0.795. The minimum atomic E-state index is 0.144. The van der Waals surface area contributed by atoms with Crippen LogP contribution >= 0.6 is 0 Å². The van der Waals surface area contributed by atoms with Crippen molar-refractivity contribution in [2.45, 2.75) is 45.6 Å². The lowest BCUT2D eigenvalue weighted by molar-refractivity contribution is 0.0838. The zero-order valence-electron chi connectivity index (χ0n) is 13.1. The first-order chi connectivity index (χ1) is 10.2. The van der Waals surface area contributed by atoms with Crippen LogP contribution in [0.15, 0.2) is 18.2 Å². The molecule has 1 aromatic carbocycles. The van der Waals surface area contributed by atoms with Crippen LogP contribution in [-0.4, -0.2) is 36.4 Å². The van der Waals surface area contributed by atoms with Gasteiger partial charge in [-0.05, 0) is 50.9 Å². The minimum Gasteiger partial charge on any atom is -0.492 e. The molecule has 1 aromatic rings. The van der Waals surface area contributed by atoms with Gasteiger partial charge in [-0.3, -0.25) is 9.69 Å². The van der Waals surface area contributed by atoms with Gasteiger partial charge in [0.15, 0.2) is 5.78 Å². The number of anilines is 1. The molecule has 1 heterocycles. The standard InChI is InChI=1S/C17H26N2O2/c1-3-14-7-5-6-10-19(14)12-16(20)13-8-9-17(21-4-2)15(18)11-13/h8-9,11,14H,3-7,10,12,18H2,1-2H3. The number of hydrogen-bond acceptors (Lipinski definition) is 4. The van der Waals surface area contributed by atoms with E-state index in [1.807, 2.05) is 13.0 Å². The molecule has 1 aliphatic rings. The molecule has 0 aliphatic carbocycles. The number of benzene rings is 1. The molecule has 1 unspecified atom stereocenters. The van der Waals surface area contributed by atoms with E-state index in [9.17, 15) is 4.79 Å². The van der Waals surface area contributed by atoms with Gasteiger partial charge >= 0.3 is 0 Å². The van der Waals surface area contributed by atoms with Gasteiger partial charge in [0.05, 0.1) is 18.8 Å². The third-order valence-corrected chi connectivity index (χ3v) is 4.20. The highest BCUT2D eigenvalue weighted by molar-refractivity contribution is 5.98. The van der Waals surface area contributed by atoms with Crippen molar-refractivity contribution in [3.05, 3.63) is 23.8 Å². The van der Waals surface area contributed by atoms with Crippen LogP contribution in [0.5, 0.6) is 5.75 Å². The average Bonchev–Trinajstić information content (AvgIpc) is 2.50. The van der Waals surface area contributed by atoms with E-state index < -0.39 is 0 Å². The SMILES string of the molecule is CCOc1ccc(C(=O)CN2CCCCC2CC)cc1N. The van der Waals surface area contributed by atoms with E-state index in [0.29, 0.717) is 36.2 Å². The van der Waals surface area contributed by atoms with E-state index in [0.717, 1.165) is 13.0 Å². The molecular formula is C17H26N2O2. The molecule has 4 heteroatoms. The molecule has 1 fully saturated rings. The van der Waals surface area contributed by atoms with Gasteiger partial charge in [-0.25, -0.2) is 0 Å². The minimum absolute atomic E-state index is 0.144. The van der Waals surface area contributed by atoms with Gasteiger partial charge in [-0.2, -0.15) is 0 Å². The van der Waals surface area contributed by atoms with Gasteiger partial charge in [-0.15, -0.1) is 0 Å². The maximum absolute atomic E-state index is 12.5. The van der Waals surface area contributed by atoms with E-state index in [-0.39, 0.29) is 5.78 Å². The van der Waals surface area contributed by atoms with Gasteiger partial charge < -0.3 is 10.5 Å². The Morgan fingerprint density at radius 3 is 2.86 bits per heavy atom. The lowest BCUT2D eigenvalue weighted by Gasteiger charge is -2.34. The van der Waals surface area contributed by atoms with Gasteiger partial charge in [0.1, 0.15) is 5.75 Å². The molecule has 1 atom stereocenters. The van der Waals surface area contributed by atoms with Crippen molar-refractivity contribution in [2.75, 3.05) is 25.4 Å². The summed E-state index contributed by atoms with van der Waals surface area (Å²) in [6.07, 6.45) is 4.78. The van der Waals surface area contributed by atoms with Crippen LogP contribution in [0.1, 0.15) is 49.9 Å². The third-order valence-electron chi connectivity index (χ3n) is 4.20. The van der Waals surface area contributed by atoms with Crippen LogP contribution in [0.2, 0.25) is 0 Å². The molecule has 0 saturated carbocycles. The zero-order chi connectivity index (χ0) is 15.2. The molecule has 0 aromatic heterocycles. The number of ketones is 1. The van der Waals surface area contributed by atoms with Crippen molar-refractivity contribution in [2.24, 2.45) is 0 Å². The summed E-state index contributed by atoms with van der Waals surface area (Å²) >= 11 is 0. The van der Waals surface area contributed by atoms with Crippen molar-refractivity contribution < 1.29 is 9.53 Å². The molecule has 2 rings (SSSR count). The Bertz CT molecular complexity index is 488. The van der Waals surface area contributed by atoms with Crippen molar-refractivity contribution in [1.82, 2.24) is 4.90 Å². The van der Waals surface area contributed by atoms with Gasteiger partial charge in [-0.1, -0.05) is 13.3 Å². The number of nitrogens with two attached hydrogens (primary N) is 1. The number of hydrogen-bond donors (Lipinski definition) is 1. The summed E-state index contributed by atoms with van der Waals surface area (Å²) in [7, 11) is 0. The predicted molar refractivity (Wildman–Crippen MR) is 85.9 cm³/mol. The molecule has 0 radical (unpaired) electrons. The third kappa shape index (κ3) is 3.97. The molecule has 0 spiro atoms. The summed E-state index contributed by atoms with van der Waals surface area (Å²) in [4.78, 5) is 14.8. The summed E-state index contributed by atoms with van der Waals surface area (Å²) in [6.45, 7) is 6.20. The Balaban J connectivity index is 2.04. The molecule has 0 bridgehead atoms. The normalized spacial score (nSPS) is 19.4. The Labute approximate surface area is 127 Å². The van der Waals surface area contributed by atoms with Crippen molar-refractivity contribution in [1.29, 1.82) is 0 Å². The number of carbonyl (C=O) groups is 1. The number of nitrogen functional groups attached to an aromatic ring is 1. The Hall–Kier alpha value is -1.55. The van der Waals surface area contributed by atoms with Crippen LogP contribution in [0.25, 0.3) is 0 Å². The molecule has 116 valence electrons. The monoisotopic (exact) mass is 290 g/mol. The lowest BCUT2D eigenvalue weighted by atomic mass is 9.99. The smallest absolute Gasteiger partial charge is 0.176 e. The van der Waals surface area contributed by atoms with E-state index in [2.05, 4.69) is 11.8 Å². The summed E-state index contributed by atoms with van der Waals surface area (Å²) in [6, 6.07) is 5.88. The van der Waals surface area contributed by atoms with E-state index in [1.54, 1.807) is 12.1 Å². The summed E-state index contributed by atoms with van der Waals surface area (Å²) in [5, 5.41) is 0. The van der Waals surface area contributed by atoms with Crippen molar-refractivity contribution >= 4 is 11.5 Å². The highest BCUT2D eigenvalue weighted by atomic mass is 16.5. The Morgan fingerprint density at radius 2 is 2.19 bits per heavy atom. The van der Waals surface area contributed by atoms with E-state index in [4.69, 9.17) is 10.5 Å². The van der Waals surface area contributed by atoms with Crippen LogP contribution < -0.4 is 10.5 Å². The van der Waals surface area contributed by atoms with Gasteiger partial charge in [0, 0.05) is 11.6 Å². The molecule has 2 N–H and O–H groups in total.